The molecule has 2 rings (SSSR count). The zero-order valence-corrected chi connectivity index (χ0v) is 13.4. The first kappa shape index (κ1) is 16.3. The van der Waals surface area contributed by atoms with E-state index >= 15 is 0 Å². The summed E-state index contributed by atoms with van der Waals surface area (Å²) < 4.78 is 4.63. The van der Waals surface area contributed by atoms with Crippen LogP contribution in [-0.2, 0) is 14.3 Å². The van der Waals surface area contributed by atoms with Gasteiger partial charge in [-0.2, -0.15) is 0 Å². The second-order valence-corrected chi connectivity index (χ2v) is 6.62. The van der Waals surface area contributed by atoms with Gasteiger partial charge in [-0.25, -0.2) is 0 Å². The Hall–Kier alpha value is -1.12. The first-order valence-electron chi connectivity index (χ1n) is 8.39. The van der Waals surface area contributed by atoms with Gasteiger partial charge in [-0.15, -0.1) is 0 Å². The van der Waals surface area contributed by atoms with Crippen molar-refractivity contribution in [2.45, 2.75) is 64.7 Å². The van der Waals surface area contributed by atoms with Crippen molar-refractivity contribution >= 4 is 11.8 Å². The fraction of sp³-hybridized carbons (Fsp3) is 0.778. The van der Waals surface area contributed by atoms with Crippen LogP contribution in [0.25, 0.3) is 0 Å². The summed E-state index contributed by atoms with van der Waals surface area (Å²) in [6.07, 6.45) is 11.2. The summed E-state index contributed by atoms with van der Waals surface area (Å²) >= 11 is 0. The Bertz CT molecular complexity index is 411. The Kier molecular flexibility index (Phi) is 6.01. The number of carbonyl (C=O) groups is 2. The number of fused-ring (bicyclic) bond motifs is 1. The molecule has 3 heteroatoms. The number of methoxy groups -OCH3 is 1. The fourth-order valence-electron chi connectivity index (χ4n) is 4.13. The Labute approximate surface area is 128 Å². The highest BCUT2D eigenvalue weighted by Crippen LogP contribution is 2.46. The van der Waals surface area contributed by atoms with Gasteiger partial charge in [0, 0.05) is 18.8 Å². The molecule has 0 bridgehead atoms. The number of ether oxygens (including phenoxy) is 1. The molecule has 0 aromatic heterocycles. The third kappa shape index (κ3) is 4.18. The maximum absolute atomic E-state index is 12.2. The monoisotopic (exact) mass is 292 g/mol. The Morgan fingerprint density at radius 3 is 2.81 bits per heavy atom. The van der Waals surface area contributed by atoms with Gasteiger partial charge in [-0.05, 0) is 44.4 Å². The molecule has 0 saturated heterocycles. The summed E-state index contributed by atoms with van der Waals surface area (Å²) in [5, 5.41) is 0. The summed E-state index contributed by atoms with van der Waals surface area (Å²) in [4.78, 5) is 23.3. The Morgan fingerprint density at radius 1 is 1.29 bits per heavy atom. The molecule has 0 amide bonds. The third-order valence-electron chi connectivity index (χ3n) is 5.22. The lowest BCUT2D eigenvalue weighted by molar-refractivity contribution is -0.140. The van der Waals surface area contributed by atoms with Crippen molar-refractivity contribution in [3.05, 3.63) is 11.6 Å². The molecule has 0 spiro atoms. The maximum atomic E-state index is 12.2. The highest BCUT2D eigenvalue weighted by Gasteiger charge is 2.43. The van der Waals surface area contributed by atoms with E-state index < -0.39 is 0 Å². The average Bonchev–Trinajstić information content (AvgIpc) is 2.79. The molecule has 1 fully saturated rings. The van der Waals surface area contributed by atoms with E-state index in [2.05, 4.69) is 17.7 Å². The first-order valence-corrected chi connectivity index (χ1v) is 8.39. The van der Waals surface area contributed by atoms with Gasteiger partial charge in [-0.3, -0.25) is 9.59 Å². The molecule has 0 aromatic rings. The molecule has 3 nitrogen and oxygen atoms in total. The molecule has 21 heavy (non-hydrogen) atoms. The first-order chi connectivity index (χ1) is 10.1. The summed E-state index contributed by atoms with van der Waals surface area (Å²) in [5.74, 6) is 1.79. The lowest BCUT2D eigenvalue weighted by Crippen LogP contribution is -2.21. The van der Waals surface area contributed by atoms with Gasteiger partial charge in [0.25, 0.3) is 0 Å². The van der Waals surface area contributed by atoms with E-state index in [0.717, 1.165) is 44.9 Å². The van der Waals surface area contributed by atoms with Crippen molar-refractivity contribution < 1.29 is 14.3 Å². The molecule has 118 valence electrons. The minimum absolute atomic E-state index is 0.119. The van der Waals surface area contributed by atoms with Crippen LogP contribution in [0.4, 0.5) is 0 Å². The van der Waals surface area contributed by atoms with Crippen LogP contribution >= 0.6 is 0 Å². The minimum Gasteiger partial charge on any atom is -0.469 e. The quantitative estimate of drug-likeness (QED) is 0.404. The molecular weight excluding hydrogens is 264 g/mol. The highest BCUT2D eigenvalue weighted by molar-refractivity contribution is 5.84. The number of allylic oxidation sites excluding steroid dienone is 2. The Morgan fingerprint density at radius 2 is 2.05 bits per heavy atom. The topological polar surface area (TPSA) is 43.4 Å². The van der Waals surface area contributed by atoms with Crippen molar-refractivity contribution in [3.63, 3.8) is 0 Å². The average molecular weight is 292 g/mol. The van der Waals surface area contributed by atoms with E-state index in [4.69, 9.17) is 0 Å². The molecule has 1 saturated carbocycles. The molecular formula is C18H28O3. The molecule has 2 aliphatic rings. The molecule has 0 aromatic carbocycles. The molecule has 0 aliphatic heterocycles. The lowest BCUT2D eigenvalue weighted by Gasteiger charge is -2.28. The predicted molar refractivity (Wildman–Crippen MR) is 82.8 cm³/mol. The number of esters is 1. The fourth-order valence-corrected chi connectivity index (χ4v) is 4.13. The van der Waals surface area contributed by atoms with Crippen molar-refractivity contribution in [1.29, 1.82) is 0 Å². The Balaban J connectivity index is 1.70. The molecule has 0 radical (unpaired) electrons. The van der Waals surface area contributed by atoms with E-state index in [-0.39, 0.29) is 11.9 Å². The summed E-state index contributed by atoms with van der Waals surface area (Å²) in [7, 11) is 1.44. The van der Waals surface area contributed by atoms with Gasteiger partial charge in [0.2, 0.25) is 0 Å². The largest absolute Gasteiger partial charge is 0.469 e. The number of hydrogen-bond acceptors (Lipinski definition) is 3. The van der Waals surface area contributed by atoms with E-state index in [1.807, 2.05) is 0 Å². The standard InChI is InChI=1S/C18H28O3/c1-13-8-7-9-14-12-16(19)15(18(13)14)10-5-3-4-6-11-17(20)21-2/h8,14-15,18H,3-7,9-12H2,1-2H3. The summed E-state index contributed by atoms with van der Waals surface area (Å²) in [5.41, 5.74) is 1.45. The van der Waals surface area contributed by atoms with E-state index in [9.17, 15) is 9.59 Å². The normalized spacial score (nSPS) is 28.2. The number of hydrogen-bond donors (Lipinski definition) is 0. The van der Waals surface area contributed by atoms with Crippen LogP contribution < -0.4 is 0 Å². The number of unbranched alkanes of at least 4 members (excludes halogenated alkanes) is 3. The van der Waals surface area contributed by atoms with Gasteiger partial charge < -0.3 is 4.74 Å². The number of rotatable bonds is 7. The minimum atomic E-state index is -0.119. The highest BCUT2D eigenvalue weighted by atomic mass is 16.5. The van der Waals surface area contributed by atoms with Gasteiger partial charge >= 0.3 is 5.97 Å². The second-order valence-electron chi connectivity index (χ2n) is 6.62. The lowest BCUT2D eigenvalue weighted by atomic mass is 9.76. The smallest absolute Gasteiger partial charge is 0.305 e. The van der Waals surface area contributed by atoms with Crippen molar-refractivity contribution in [2.24, 2.45) is 17.8 Å². The molecule has 0 N–H and O–H groups in total. The van der Waals surface area contributed by atoms with Crippen molar-refractivity contribution in [2.75, 3.05) is 7.11 Å². The third-order valence-corrected chi connectivity index (χ3v) is 5.22. The summed E-state index contributed by atoms with van der Waals surface area (Å²) in [6.45, 7) is 2.21. The second kappa shape index (κ2) is 7.77. The van der Waals surface area contributed by atoms with E-state index in [0.29, 0.717) is 24.0 Å². The zero-order chi connectivity index (χ0) is 15.2. The summed E-state index contributed by atoms with van der Waals surface area (Å²) in [6, 6.07) is 0. The number of Topliss-reactive ketones (excluding diaryl/α,β-unsaturated/α-hetero) is 1. The van der Waals surface area contributed by atoms with Crippen LogP contribution in [0, 0.1) is 17.8 Å². The van der Waals surface area contributed by atoms with Gasteiger partial charge in [-0.1, -0.05) is 30.9 Å². The predicted octanol–water partition coefficient (Wildman–Crippen LogP) is 4.06. The van der Waals surface area contributed by atoms with Crippen molar-refractivity contribution in [1.82, 2.24) is 0 Å². The van der Waals surface area contributed by atoms with Crippen LogP contribution in [-0.4, -0.2) is 18.9 Å². The van der Waals surface area contributed by atoms with Gasteiger partial charge in [0.1, 0.15) is 5.78 Å². The van der Waals surface area contributed by atoms with Crippen molar-refractivity contribution in [3.8, 4) is 0 Å². The van der Waals surface area contributed by atoms with Crippen LogP contribution in [0.2, 0.25) is 0 Å². The number of ketones is 1. The number of carbonyl (C=O) groups excluding carboxylic acids is 2. The molecule has 3 unspecified atom stereocenters. The molecule has 3 atom stereocenters. The zero-order valence-electron chi connectivity index (χ0n) is 13.4. The molecule has 0 heterocycles. The van der Waals surface area contributed by atoms with E-state index in [1.54, 1.807) is 0 Å². The molecule has 2 aliphatic carbocycles. The van der Waals surface area contributed by atoms with E-state index in [1.165, 1.54) is 19.1 Å². The van der Waals surface area contributed by atoms with Gasteiger partial charge in [0.05, 0.1) is 7.11 Å². The SMILES string of the molecule is COC(=O)CCCCCCC1C(=O)CC2CCC=C(C)C21. The van der Waals surface area contributed by atoms with Crippen LogP contribution in [0.1, 0.15) is 64.7 Å². The van der Waals surface area contributed by atoms with Gasteiger partial charge in [0.15, 0.2) is 0 Å². The maximum Gasteiger partial charge on any atom is 0.305 e. The van der Waals surface area contributed by atoms with Crippen LogP contribution in [0.3, 0.4) is 0 Å². The van der Waals surface area contributed by atoms with Crippen LogP contribution in [0.15, 0.2) is 11.6 Å². The van der Waals surface area contributed by atoms with Crippen LogP contribution in [0.5, 0.6) is 0 Å².